The highest BCUT2D eigenvalue weighted by atomic mass is 32.2. The predicted molar refractivity (Wildman–Crippen MR) is 86.6 cm³/mol. The number of nitrogens with zero attached hydrogens (tertiary/aromatic N) is 2. The number of hydrogen-bond acceptors (Lipinski definition) is 7. The first-order chi connectivity index (χ1) is 11.8. The first-order valence-corrected chi connectivity index (χ1v) is 8.43. The molecule has 0 heterocycles. The minimum Gasteiger partial charge on any atom is -0.490 e. The maximum Gasteiger partial charge on any atom is 0.312 e. The third-order valence-corrected chi connectivity index (χ3v) is 3.96. The number of nitro groups is 1. The summed E-state index contributed by atoms with van der Waals surface area (Å²) in [6, 6.07) is 11.5. The summed E-state index contributed by atoms with van der Waals surface area (Å²) in [7, 11) is -4.05. The summed E-state index contributed by atoms with van der Waals surface area (Å²) in [6.45, 7) is 0.0928. The predicted octanol–water partition coefficient (Wildman–Crippen LogP) is 1.57. The van der Waals surface area contributed by atoms with Gasteiger partial charge in [-0.1, -0.05) is 0 Å². The van der Waals surface area contributed by atoms with Gasteiger partial charge in [-0.05, 0) is 36.4 Å². The summed E-state index contributed by atoms with van der Waals surface area (Å²) in [6.07, 6.45) is 0. The molecule has 0 aliphatic heterocycles. The van der Waals surface area contributed by atoms with Crippen molar-refractivity contribution in [1.82, 2.24) is 0 Å². The molecular formula is C15H13N3O6S. The molecule has 0 bridgehead atoms. The van der Waals surface area contributed by atoms with Crippen molar-refractivity contribution < 1.29 is 22.8 Å². The molecule has 0 saturated heterocycles. The van der Waals surface area contributed by atoms with Gasteiger partial charge in [0, 0.05) is 6.07 Å². The normalized spacial score (nSPS) is 10.7. The summed E-state index contributed by atoms with van der Waals surface area (Å²) in [5.41, 5.74) is -0.0148. The van der Waals surface area contributed by atoms with E-state index >= 15 is 0 Å². The fraction of sp³-hybridized carbons (Fsp3) is 0.133. The lowest BCUT2D eigenvalue weighted by Gasteiger charge is -2.09. The molecule has 0 radical (unpaired) electrons. The van der Waals surface area contributed by atoms with Gasteiger partial charge < -0.3 is 9.47 Å². The quantitative estimate of drug-likeness (QED) is 0.446. The number of benzene rings is 2. The van der Waals surface area contributed by atoms with Crippen LogP contribution in [0.25, 0.3) is 0 Å². The van der Waals surface area contributed by atoms with Crippen molar-refractivity contribution in [1.29, 1.82) is 5.26 Å². The van der Waals surface area contributed by atoms with Crippen molar-refractivity contribution in [3.63, 3.8) is 0 Å². The molecule has 0 aliphatic carbocycles. The lowest BCUT2D eigenvalue weighted by Crippen LogP contribution is -2.13. The Labute approximate surface area is 143 Å². The van der Waals surface area contributed by atoms with E-state index in [0.29, 0.717) is 11.3 Å². The van der Waals surface area contributed by atoms with Crippen LogP contribution < -0.4 is 14.6 Å². The molecule has 2 aromatic carbocycles. The van der Waals surface area contributed by atoms with E-state index in [1.165, 1.54) is 6.07 Å². The van der Waals surface area contributed by atoms with Crippen LogP contribution in [0.2, 0.25) is 0 Å². The number of nitriles is 1. The highest BCUT2D eigenvalue weighted by Crippen LogP contribution is 2.29. The molecule has 0 fully saturated rings. The van der Waals surface area contributed by atoms with Gasteiger partial charge >= 0.3 is 5.69 Å². The Morgan fingerprint density at radius 1 is 1.12 bits per heavy atom. The van der Waals surface area contributed by atoms with Gasteiger partial charge in [0.2, 0.25) is 10.0 Å². The molecule has 0 aromatic heterocycles. The van der Waals surface area contributed by atoms with Crippen LogP contribution in [0.15, 0.2) is 47.4 Å². The molecule has 0 atom stereocenters. The fourth-order valence-corrected chi connectivity index (χ4v) is 2.41. The van der Waals surface area contributed by atoms with Crippen LogP contribution in [0, 0.1) is 21.4 Å². The zero-order chi connectivity index (χ0) is 18.4. The monoisotopic (exact) mass is 363 g/mol. The van der Waals surface area contributed by atoms with E-state index in [-0.39, 0.29) is 23.9 Å². The van der Waals surface area contributed by atoms with Crippen molar-refractivity contribution in [2.45, 2.75) is 4.90 Å². The first-order valence-electron chi connectivity index (χ1n) is 6.88. The van der Waals surface area contributed by atoms with Crippen molar-refractivity contribution >= 4 is 15.7 Å². The van der Waals surface area contributed by atoms with E-state index in [9.17, 15) is 18.5 Å². The summed E-state index contributed by atoms with van der Waals surface area (Å²) >= 11 is 0. The van der Waals surface area contributed by atoms with E-state index in [0.717, 1.165) is 12.1 Å². The Balaban J connectivity index is 2.00. The molecule has 2 rings (SSSR count). The van der Waals surface area contributed by atoms with Crippen molar-refractivity contribution in [3.8, 4) is 17.6 Å². The van der Waals surface area contributed by atoms with Gasteiger partial charge in [-0.25, -0.2) is 13.6 Å². The molecule has 130 valence electrons. The van der Waals surface area contributed by atoms with E-state index < -0.39 is 20.6 Å². The van der Waals surface area contributed by atoms with Crippen LogP contribution >= 0.6 is 0 Å². The second-order valence-corrected chi connectivity index (χ2v) is 6.33. The number of nitro benzene ring substituents is 1. The topological polar surface area (TPSA) is 146 Å². The fourth-order valence-electron chi connectivity index (χ4n) is 1.88. The highest BCUT2D eigenvalue weighted by Gasteiger charge is 2.20. The molecule has 0 spiro atoms. The van der Waals surface area contributed by atoms with E-state index in [1.807, 2.05) is 6.07 Å². The summed E-state index contributed by atoms with van der Waals surface area (Å²) < 4.78 is 33.2. The van der Waals surface area contributed by atoms with E-state index in [1.54, 1.807) is 24.3 Å². The number of sulfonamides is 1. The highest BCUT2D eigenvalue weighted by molar-refractivity contribution is 7.89. The molecule has 0 amide bonds. The molecule has 2 aromatic rings. The second-order valence-electron chi connectivity index (χ2n) is 4.76. The van der Waals surface area contributed by atoms with Gasteiger partial charge in [0.15, 0.2) is 5.75 Å². The van der Waals surface area contributed by atoms with Crippen LogP contribution in [0.3, 0.4) is 0 Å². The average Bonchev–Trinajstić information content (AvgIpc) is 2.58. The summed E-state index contributed by atoms with van der Waals surface area (Å²) in [5, 5.41) is 24.7. The van der Waals surface area contributed by atoms with Crippen molar-refractivity contribution in [3.05, 3.63) is 58.1 Å². The lowest BCUT2D eigenvalue weighted by molar-refractivity contribution is -0.386. The number of primary sulfonamides is 1. The number of ether oxygens (including phenoxy) is 2. The molecule has 2 N–H and O–H groups in total. The summed E-state index contributed by atoms with van der Waals surface area (Å²) in [5.74, 6) is 0.419. The Morgan fingerprint density at radius 2 is 1.76 bits per heavy atom. The Kier molecular flexibility index (Phi) is 5.53. The molecule has 25 heavy (non-hydrogen) atoms. The maximum absolute atomic E-state index is 11.3. The summed E-state index contributed by atoms with van der Waals surface area (Å²) in [4.78, 5) is 9.91. The van der Waals surface area contributed by atoms with Gasteiger partial charge in [0.05, 0.1) is 21.5 Å². The second kappa shape index (κ2) is 7.61. The largest absolute Gasteiger partial charge is 0.490 e. The number of rotatable bonds is 7. The molecule has 0 aliphatic rings. The van der Waals surface area contributed by atoms with Gasteiger partial charge in [-0.2, -0.15) is 5.26 Å². The number of hydrogen-bond donors (Lipinski definition) is 1. The van der Waals surface area contributed by atoms with Gasteiger partial charge in [0.1, 0.15) is 19.0 Å². The molecule has 0 unspecified atom stereocenters. The van der Waals surface area contributed by atoms with Crippen molar-refractivity contribution in [2.75, 3.05) is 13.2 Å². The lowest BCUT2D eigenvalue weighted by atomic mass is 10.2. The molecular weight excluding hydrogens is 350 g/mol. The Morgan fingerprint density at radius 3 is 2.32 bits per heavy atom. The molecule has 9 nitrogen and oxygen atoms in total. The minimum absolute atomic E-state index is 0.00440. The minimum atomic E-state index is -4.05. The molecule has 10 heteroatoms. The maximum atomic E-state index is 11.3. The van der Waals surface area contributed by atoms with Gasteiger partial charge in [0.25, 0.3) is 0 Å². The standard InChI is InChI=1S/C15H13N3O6S/c16-10-11-1-3-12(4-2-11)23-7-8-24-15-6-5-13(25(17,21)22)9-14(15)18(19)20/h1-6,9H,7-8H2,(H2,17,21,22). The Hall–Kier alpha value is -3.16. The van der Waals surface area contributed by atoms with Crippen LogP contribution in [0.1, 0.15) is 5.56 Å². The van der Waals surface area contributed by atoms with E-state index in [2.05, 4.69) is 0 Å². The third-order valence-electron chi connectivity index (χ3n) is 3.05. The SMILES string of the molecule is N#Cc1ccc(OCCOc2ccc(S(N)(=O)=O)cc2[N+](=O)[O-])cc1. The smallest absolute Gasteiger partial charge is 0.312 e. The zero-order valence-electron chi connectivity index (χ0n) is 12.8. The van der Waals surface area contributed by atoms with Crippen LogP contribution in [0.4, 0.5) is 5.69 Å². The van der Waals surface area contributed by atoms with E-state index in [4.69, 9.17) is 19.9 Å². The van der Waals surface area contributed by atoms with Gasteiger partial charge in [-0.15, -0.1) is 0 Å². The Bertz CT molecular complexity index is 919. The average molecular weight is 363 g/mol. The van der Waals surface area contributed by atoms with Crippen LogP contribution in [-0.4, -0.2) is 26.6 Å². The first kappa shape index (κ1) is 18.2. The van der Waals surface area contributed by atoms with Gasteiger partial charge in [-0.3, -0.25) is 10.1 Å². The van der Waals surface area contributed by atoms with Crippen LogP contribution in [0.5, 0.6) is 11.5 Å². The number of nitrogens with two attached hydrogens (primary N) is 1. The third kappa shape index (κ3) is 4.90. The van der Waals surface area contributed by atoms with Crippen molar-refractivity contribution in [2.24, 2.45) is 5.14 Å². The van der Waals surface area contributed by atoms with Crippen LogP contribution in [-0.2, 0) is 10.0 Å². The molecule has 0 saturated carbocycles. The zero-order valence-corrected chi connectivity index (χ0v) is 13.6.